The number of fused-ring (bicyclic) bond motifs is 1. The molecule has 0 aromatic heterocycles. The van der Waals surface area contributed by atoms with Crippen LogP contribution in [0.25, 0.3) is 0 Å². The lowest BCUT2D eigenvalue weighted by Crippen LogP contribution is -2.26. The second-order valence-corrected chi connectivity index (χ2v) is 7.84. The Bertz CT molecular complexity index is 912. The Morgan fingerprint density at radius 2 is 2.14 bits per heavy atom. The van der Waals surface area contributed by atoms with Gasteiger partial charge in [0.1, 0.15) is 11.5 Å². The van der Waals surface area contributed by atoms with Gasteiger partial charge >= 0.3 is 0 Å². The van der Waals surface area contributed by atoms with Crippen molar-refractivity contribution in [3.8, 4) is 23.3 Å². The molecule has 1 atom stereocenters. The summed E-state index contributed by atoms with van der Waals surface area (Å²) in [6.07, 6.45) is 2.84. The predicted molar refractivity (Wildman–Crippen MR) is 115 cm³/mol. The van der Waals surface area contributed by atoms with Crippen LogP contribution in [0.2, 0.25) is 0 Å². The highest BCUT2D eigenvalue weighted by atomic mass is 32.2. The maximum absolute atomic E-state index is 6.04. The lowest BCUT2D eigenvalue weighted by atomic mass is 9.96. The Morgan fingerprint density at radius 1 is 1.25 bits per heavy atom. The van der Waals surface area contributed by atoms with Crippen molar-refractivity contribution < 1.29 is 9.47 Å². The van der Waals surface area contributed by atoms with E-state index in [9.17, 15) is 0 Å². The number of methoxy groups -OCH3 is 1. The van der Waals surface area contributed by atoms with Gasteiger partial charge in [-0.25, -0.2) is 0 Å². The molecule has 0 aliphatic carbocycles. The molecule has 1 unspecified atom stereocenters. The lowest BCUT2D eigenvalue weighted by molar-refractivity contribution is 0.283. The molecule has 0 fully saturated rings. The van der Waals surface area contributed by atoms with E-state index in [4.69, 9.17) is 9.47 Å². The molecule has 0 bridgehead atoms. The van der Waals surface area contributed by atoms with Crippen LogP contribution in [-0.2, 0) is 6.42 Å². The molecule has 0 saturated carbocycles. The average molecular weight is 393 g/mol. The number of hydrogen-bond acceptors (Lipinski definition) is 5. The van der Waals surface area contributed by atoms with Crippen LogP contribution >= 0.6 is 11.8 Å². The van der Waals surface area contributed by atoms with Crippen LogP contribution in [0.4, 0.5) is 0 Å². The number of thioether (sulfide) groups is 1. The van der Waals surface area contributed by atoms with E-state index < -0.39 is 0 Å². The van der Waals surface area contributed by atoms with E-state index in [0.29, 0.717) is 6.42 Å². The van der Waals surface area contributed by atoms with Gasteiger partial charge in [0.25, 0.3) is 0 Å². The van der Waals surface area contributed by atoms with E-state index in [-0.39, 0.29) is 6.04 Å². The number of aryl methyl sites for hydroxylation is 1. The Kier molecular flexibility index (Phi) is 6.08. The molecule has 4 rings (SSSR count). The smallest absolute Gasteiger partial charge is 0.157 e. The zero-order valence-corrected chi connectivity index (χ0v) is 16.8. The summed E-state index contributed by atoms with van der Waals surface area (Å²) in [5.74, 6) is 9.52. The molecule has 0 amide bonds. The summed E-state index contributed by atoms with van der Waals surface area (Å²) in [6, 6.07) is 14.3. The van der Waals surface area contributed by atoms with Crippen LogP contribution in [-0.4, -0.2) is 31.2 Å². The number of hydrogen-bond donors (Lipinski definition) is 1. The number of benzene rings is 2. The van der Waals surface area contributed by atoms with E-state index in [2.05, 4.69) is 40.3 Å². The first kappa shape index (κ1) is 18.8. The number of rotatable bonds is 4. The lowest BCUT2D eigenvalue weighted by Gasteiger charge is -2.25. The molecule has 2 heterocycles. The number of ether oxygens (including phenoxy) is 2. The monoisotopic (exact) mass is 392 g/mol. The Hall–Kier alpha value is -2.58. The molecule has 0 saturated heterocycles. The molecule has 2 aliphatic heterocycles. The SMILES string of the molecule is COc1ccc(C#CCC(NC2=NCCS2)c2cccc3c2OCCC3)cc1. The fraction of sp³-hybridized carbons (Fsp3) is 0.348. The highest BCUT2D eigenvalue weighted by Crippen LogP contribution is 2.34. The third kappa shape index (κ3) is 4.45. The van der Waals surface area contributed by atoms with Crippen molar-refractivity contribution in [3.63, 3.8) is 0 Å². The van der Waals surface area contributed by atoms with E-state index in [1.807, 2.05) is 24.3 Å². The normalized spacial score (nSPS) is 16.1. The minimum atomic E-state index is 0.0585. The number of nitrogens with zero attached hydrogens (tertiary/aromatic N) is 1. The number of nitrogens with one attached hydrogen (secondary N) is 1. The van der Waals surface area contributed by atoms with Crippen LogP contribution in [0.1, 0.15) is 35.6 Å². The number of aliphatic imine (C=N–C) groups is 1. The van der Waals surface area contributed by atoms with Crippen molar-refractivity contribution in [2.45, 2.75) is 25.3 Å². The Balaban J connectivity index is 1.57. The Labute approximate surface area is 170 Å². The van der Waals surface area contributed by atoms with Crippen molar-refractivity contribution >= 4 is 16.9 Å². The summed E-state index contributed by atoms with van der Waals surface area (Å²) in [6.45, 7) is 1.66. The first-order valence-corrected chi connectivity index (χ1v) is 10.6. The van der Waals surface area contributed by atoms with Gasteiger partial charge in [-0.05, 0) is 42.7 Å². The van der Waals surface area contributed by atoms with Gasteiger partial charge in [-0.15, -0.1) is 0 Å². The van der Waals surface area contributed by atoms with Gasteiger partial charge in [-0.1, -0.05) is 41.8 Å². The summed E-state index contributed by atoms with van der Waals surface area (Å²) in [4.78, 5) is 4.56. The van der Waals surface area contributed by atoms with E-state index in [0.717, 1.165) is 54.0 Å². The maximum Gasteiger partial charge on any atom is 0.157 e. The first-order valence-electron chi connectivity index (χ1n) is 9.65. The zero-order chi connectivity index (χ0) is 19.2. The van der Waals surface area contributed by atoms with Crippen LogP contribution in [0.15, 0.2) is 47.5 Å². The van der Waals surface area contributed by atoms with Gasteiger partial charge in [-0.2, -0.15) is 0 Å². The van der Waals surface area contributed by atoms with Crippen molar-refractivity contribution in [2.75, 3.05) is 26.0 Å². The maximum atomic E-state index is 6.04. The fourth-order valence-corrected chi connectivity index (χ4v) is 4.21. The highest BCUT2D eigenvalue weighted by Gasteiger charge is 2.22. The largest absolute Gasteiger partial charge is 0.497 e. The van der Waals surface area contributed by atoms with Crippen molar-refractivity contribution in [1.82, 2.24) is 5.32 Å². The Morgan fingerprint density at radius 3 is 2.93 bits per heavy atom. The molecule has 2 aromatic carbocycles. The summed E-state index contributed by atoms with van der Waals surface area (Å²) >= 11 is 1.77. The molecule has 1 N–H and O–H groups in total. The molecule has 4 nitrogen and oxygen atoms in total. The van der Waals surface area contributed by atoms with Gasteiger partial charge in [0.05, 0.1) is 26.3 Å². The molecule has 28 heavy (non-hydrogen) atoms. The molecular weight excluding hydrogens is 368 g/mol. The quantitative estimate of drug-likeness (QED) is 0.792. The van der Waals surface area contributed by atoms with Gasteiger partial charge in [0.15, 0.2) is 5.17 Å². The molecule has 2 aliphatic rings. The van der Waals surface area contributed by atoms with E-state index in [1.54, 1.807) is 18.9 Å². The van der Waals surface area contributed by atoms with Crippen molar-refractivity contribution in [2.24, 2.45) is 4.99 Å². The zero-order valence-electron chi connectivity index (χ0n) is 16.0. The van der Waals surface area contributed by atoms with E-state index in [1.165, 1.54) is 11.1 Å². The fourth-order valence-electron chi connectivity index (χ4n) is 3.43. The van der Waals surface area contributed by atoms with Gasteiger partial charge in [0, 0.05) is 23.3 Å². The predicted octanol–water partition coefficient (Wildman–Crippen LogP) is 4.20. The first-order chi connectivity index (χ1) is 13.8. The summed E-state index contributed by atoms with van der Waals surface area (Å²) in [5.41, 5.74) is 3.45. The standard InChI is InChI=1S/C23H24N2O2S/c1-26-19-12-10-17(11-13-19)5-2-9-21(25-23-24-14-16-28-23)20-8-3-6-18-7-4-15-27-22(18)20/h3,6,8,10-13,21H,4,7,9,14-16H2,1H3,(H,24,25). The van der Waals surface area contributed by atoms with Crippen LogP contribution < -0.4 is 14.8 Å². The van der Waals surface area contributed by atoms with Crippen molar-refractivity contribution in [1.29, 1.82) is 0 Å². The minimum absolute atomic E-state index is 0.0585. The molecule has 0 spiro atoms. The number of amidine groups is 1. The molecule has 2 aromatic rings. The molecule has 0 radical (unpaired) electrons. The third-order valence-electron chi connectivity index (χ3n) is 4.85. The van der Waals surface area contributed by atoms with Crippen molar-refractivity contribution in [3.05, 3.63) is 59.2 Å². The molecule has 144 valence electrons. The van der Waals surface area contributed by atoms with E-state index >= 15 is 0 Å². The minimum Gasteiger partial charge on any atom is -0.497 e. The van der Waals surface area contributed by atoms with Gasteiger partial charge < -0.3 is 14.8 Å². The van der Waals surface area contributed by atoms with Gasteiger partial charge in [0.2, 0.25) is 0 Å². The summed E-state index contributed by atoms with van der Waals surface area (Å²) < 4.78 is 11.3. The second kappa shape index (κ2) is 9.07. The summed E-state index contributed by atoms with van der Waals surface area (Å²) in [5, 5.41) is 4.60. The topological polar surface area (TPSA) is 42.8 Å². The van der Waals surface area contributed by atoms with Crippen LogP contribution in [0.5, 0.6) is 11.5 Å². The third-order valence-corrected chi connectivity index (χ3v) is 5.76. The highest BCUT2D eigenvalue weighted by molar-refractivity contribution is 8.14. The average Bonchev–Trinajstić information content (AvgIpc) is 3.26. The second-order valence-electron chi connectivity index (χ2n) is 6.75. The van der Waals surface area contributed by atoms with Crippen LogP contribution in [0, 0.1) is 11.8 Å². The van der Waals surface area contributed by atoms with Gasteiger partial charge in [-0.3, -0.25) is 4.99 Å². The number of para-hydroxylation sites is 1. The summed E-state index contributed by atoms with van der Waals surface area (Å²) in [7, 11) is 1.67. The van der Waals surface area contributed by atoms with Crippen LogP contribution in [0.3, 0.4) is 0 Å². The molecule has 5 heteroatoms. The molecular formula is C23H24N2O2S.